The number of hydrogen-bond donors (Lipinski definition) is 1. The first-order valence-corrected chi connectivity index (χ1v) is 16.0. The first-order chi connectivity index (χ1) is 21.3. The van der Waals surface area contributed by atoms with Crippen LogP contribution in [0.5, 0.6) is 5.75 Å². The van der Waals surface area contributed by atoms with E-state index in [-0.39, 0.29) is 30.1 Å². The Morgan fingerprint density at radius 3 is 2.40 bits per heavy atom. The van der Waals surface area contributed by atoms with Gasteiger partial charge in [0.15, 0.2) is 0 Å². The molecule has 2 fully saturated rings. The third-order valence-electron chi connectivity index (χ3n) is 8.62. The second-order valence-corrected chi connectivity index (χ2v) is 13.3. The summed E-state index contributed by atoms with van der Waals surface area (Å²) in [5.74, 6) is 0.873. The molecule has 0 unspecified atom stereocenters. The predicted molar refractivity (Wildman–Crippen MR) is 174 cm³/mol. The Hall–Kier alpha value is -3.79. The van der Waals surface area contributed by atoms with Crippen molar-refractivity contribution in [2.24, 2.45) is 5.92 Å². The number of amides is 3. The zero-order chi connectivity index (χ0) is 32.7. The molecule has 1 heterocycles. The van der Waals surface area contributed by atoms with Gasteiger partial charge in [-0.2, -0.15) is 0 Å². The molecule has 1 aliphatic carbocycles. The van der Waals surface area contributed by atoms with Crippen molar-refractivity contribution < 1.29 is 28.6 Å². The minimum atomic E-state index is -0.504. The van der Waals surface area contributed by atoms with Crippen LogP contribution < -0.4 is 15.0 Å². The minimum absolute atomic E-state index is 0.0341. The summed E-state index contributed by atoms with van der Waals surface area (Å²) in [6, 6.07) is 14.0. The highest BCUT2D eigenvalue weighted by Crippen LogP contribution is 2.31. The second kappa shape index (κ2) is 15.0. The summed E-state index contributed by atoms with van der Waals surface area (Å²) < 4.78 is 16.5. The van der Waals surface area contributed by atoms with Gasteiger partial charge in [-0.05, 0) is 101 Å². The molecule has 10 heteroatoms. The Balaban J connectivity index is 1.25. The SMILES string of the molecule is COC(=O)NCc1cccc(OC2CCC(C(=O)N(C)c3ccc(CN4CCN(C(=O)OC(C)(C)C)[C@@H](C)C4)c(C)c3)CC2)c1. The van der Waals surface area contributed by atoms with Crippen molar-refractivity contribution in [1.82, 2.24) is 15.1 Å². The van der Waals surface area contributed by atoms with Gasteiger partial charge >= 0.3 is 12.2 Å². The number of hydrogen-bond acceptors (Lipinski definition) is 7. The quantitative estimate of drug-likeness (QED) is 0.392. The Kier molecular flexibility index (Phi) is 11.4. The smallest absolute Gasteiger partial charge is 0.410 e. The molecule has 1 aliphatic heterocycles. The fourth-order valence-corrected chi connectivity index (χ4v) is 6.07. The molecule has 1 saturated carbocycles. The lowest BCUT2D eigenvalue weighted by atomic mass is 9.86. The zero-order valence-corrected chi connectivity index (χ0v) is 27.9. The zero-order valence-electron chi connectivity index (χ0n) is 27.9. The Labute approximate surface area is 268 Å². The maximum Gasteiger partial charge on any atom is 0.410 e. The van der Waals surface area contributed by atoms with Crippen LogP contribution in [0.25, 0.3) is 0 Å². The molecular formula is C35H50N4O6. The molecular weight excluding hydrogens is 572 g/mol. The van der Waals surface area contributed by atoms with Crippen molar-refractivity contribution >= 4 is 23.8 Å². The fourth-order valence-electron chi connectivity index (χ4n) is 6.07. The van der Waals surface area contributed by atoms with Crippen molar-refractivity contribution in [3.63, 3.8) is 0 Å². The summed E-state index contributed by atoms with van der Waals surface area (Å²) in [5, 5.41) is 2.68. The van der Waals surface area contributed by atoms with Crippen LogP contribution in [0.15, 0.2) is 42.5 Å². The van der Waals surface area contributed by atoms with Crippen molar-refractivity contribution in [1.29, 1.82) is 0 Å². The normalized spacial score (nSPS) is 20.7. The summed E-state index contributed by atoms with van der Waals surface area (Å²) in [5.41, 5.74) is 3.70. The average molecular weight is 623 g/mol. The molecule has 4 rings (SSSR count). The molecule has 1 N–H and O–H groups in total. The van der Waals surface area contributed by atoms with Crippen molar-refractivity contribution in [3.05, 3.63) is 59.2 Å². The lowest BCUT2D eigenvalue weighted by molar-refractivity contribution is -0.123. The van der Waals surface area contributed by atoms with Gasteiger partial charge in [-0.25, -0.2) is 9.59 Å². The largest absolute Gasteiger partial charge is 0.490 e. The van der Waals surface area contributed by atoms with Gasteiger partial charge in [0.05, 0.1) is 13.2 Å². The van der Waals surface area contributed by atoms with Gasteiger partial charge in [0.1, 0.15) is 11.4 Å². The highest BCUT2D eigenvalue weighted by atomic mass is 16.6. The molecule has 2 aromatic carbocycles. The van der Waals surface area contributed by atoms with Crippen LogP contribution in [-0.2, 0) is 27.4 Å². The van der Waals surface area contributed by atoms with Crippen LogP contribution in [0.3, 0.4) is 0 Å². The predicted octanol–water partition coefficient (Wildman–Crippen LogP) is 5.89. The molecule has 1 atom stereocenters. The number of carbonyl (C=O) groups excluding carboxylic acids is 3. The van der Waals surface area contributed by atoms with Crippen molar-refractivity contribution in [2.45, 2.75) is 91.1 Å². The van der Waals surface area contributed by atoms with Gasteiger partial charge in [-0.15, -0.1) is 0 Å². The molecule has 0 spiro atoms. The van der Waals surface area contributed by atoms with Crippen LogP contribution in [0.1, 0.15) is 70.1 Å². The monoisotopic (exact) mass is 622 g/mol. The number of anilines is 1. The molecule has 246 valence electrons. The number of alkyl carbamates (subject to hydrolysis) is 1. The maximum absolute atomic E-state index is 13.5. The maximum atomic E-state index is 13.5. The highest BCUT2D eigenvalue weighted by molar-refractivity contribution is 5.94. The van der Waals surface area contributed by atoms with Crippen molar-refractivity contribution in [3.8, 4) is 5.75 Å². The number of nitrogens with zero attached hydrogens (tertiary/aromatic N) is 3. The van der Waals surface area contributed by atoms with E-state index in [4.69, 9.17) is 9.47 Å². The van der Waals surface area contributed by atoms with E-state index >= 15 is 0 Å². The number of rotatable bonds is 8. The van der Waals surface area contributed by atoms with Crippen LogP contribution in [0.4, 0.5) is 15.3 Å². The summed E-state index contributed by atoms with van der Waals surface area (Å²) in [6.45, 7) is 13.2. The van der Waals surface area contributed by atoms with E-state index in [0.29, 0.717) is 13.1 Å². The lowest BCUT2D eigenvalue weighted by Gasteiger charge is -2.40. The van der Waals surface area contributed by atoms with E-state index in [9.17, 15) is 14.4 Å². The van der Waals surface area contributed by atoms with Crippen LogP contribution in [0, 0.1) is 12.8 Å². The number of ether oxygens (including phenoxy) is 3. The topological polar surface area (TPSA) is 101 Å². The molecule has 10 nitrogen and oxygen atoms in total. The van der Waals surface area contributed by atoms with Crippen LogP contribution in [-0.4, -0.2) is 79.4 Å². The first-order valence-electron chi connectivity index (χ1n) is 16.0. The molecule has 0 aromatic heterocycles. The van der Waals surface area contributed by atoms with E-state index in [2.05, 4.69) is 40.9 Å². The molecule has 2 aromatic rings. The van der Waals surface area contributed by atoms with Crippen LogP contribution >= 0.6 is 0 Å². The average Bonchev–Trinajstić information content (AvgIpc) is 3.00. The number of carbonyl (C=O) groups is 3. The minimum Gasteiger partial charge on any atom is -0.490 e. The van der Waals surface area contributed by atoms with Gasteiger partial charge in [-0.1, -0.05) is 18.2 Å². The number of nitrogens with one attached hydrogen (secondary N) is 1. The number of aryl methyl sites for hydroxylation is 1. The van der Waals surface area contributed by atoms with E-state index in [1.54, 1.807) is 4.90 Å². The second-order valence-electron chi connectivity index (χ2n) is 13.3. The molecule has 3 amide bonds. The number of benzene rings is 2. The van der Waals surface area contributed by atoms with Crippen LogP contribution in [0.2, 0.25) is 0 Å². The molecule has 0 radical (unpaired) electrons. The summed E-state index contributed by atoms with van der Waals surface area (Å²) in [6.07, 6.45) is 2.52. The van der Waals surface area contributed by atoms with Gasteiger partial charge in [0, 0.05) is 57.4 Å². The highest BCUT2D eigenvalue weighted by Gasteiger charge is 2.32. The van der Waals surface area contributed by atoms with E-state index < -0.39 is 11.7 Å². The number of methoxy groups -OCH3 is 1. The Bertz CT molecular complexity index is 1330. The molecule has 0 bridgehead atoms. The molecule has 1 saturated heterocycles. The number of piperazine rings is 1. The summed E-state index contributed by atoms with van der Waals surface area (Å²) in [4.78, 5) is 43.4. The standard InChI is InChI=1S/C35H50N4O6/c1-24-19-29(14-11-28(24)23-38-17-18-39(25(2)22-38)34(42)45-35(3,4)5)37(6)32(40)27-12-15-30(16-13-27)44-31-10-8-9-26(20-31)21-36-33(41)43-7/h8-11,14,19-20,25,27,30H,12-13,15-18,21-23H2,1-7H3,(H,36,41)/t25-,27?,30?/m0/s1. The van der Waals surface area contributed by atoms with E-state index in [1.165, 1.54) is 12.7 Å². The van der Waals surface area contributed by atoms with Gasteiger partial charge in [-0.3, -0.25) is 9.69 Å². The summed E-state index contributed by atoms with van der Waals surface area (Å²) >= 11 is 0. The fraction of sp³-hybridized carbons (Fsp3) is 0.571. The summed E-state index contributed by atoms with van der Waals surface area (Å²) in [7, 11) is 3.21. The lowest BCUT2D eigenvalue weighted by Crippen LogP contribution is -2.54. The Morgan fingerprint density at radius 1 is 1.02 bits per heavy atom. The van der Waals surface area contributed by atoms with Crippen molar-refractivity contribution in [2.75, 3.05) is 38.7 Å². The van der Waals surface area contributed by atoms with E-state index in [0.717, 1.165) is 67.9 Å². The Morgan fingerprint density at radius 2 is 1.76 bits per heavy atom. The van der Waals surface area contributed by atoms with Gasteiger partial charge < -0.3 is 29.3 Å². The third kappa shape index (κ3) is 9.60. The first kappa shape index (κ1) is 34.1. The third-order valence-corrected chi connectivity index (χ3v) is 8.62. The molecule has 2 aliphatic rings. The molecule has 45 heavy (non-hydrogen) atoms. The van der Waals surface area contributed by atoms with Gasteiger partial charge in [0.2, 0.25) is 5.91 Å². The van der Waals surface area contributed by atoms with Gasteiger partial charge in [0.25, 0.3) is 0 Å². The van der Waals surface area contributed by atoms with E-state index in [1.807, 2.05) is 63.1 Å².